The fourth-order valence-electron chi connectivity index (χ4n) is 9.28. The zero-order chi connectivity index (χ0) is 19.7. The van der Waals surface area contributed by atoms with Crippen LogP contribution in [0.5, 0.6) is 0 Å². The Morgan fingerprint density at radius 2 is 2.00 bits per heavy atom. The summed E-state index contributed by atoms with van der Waals surface area (Å²) in [6.45, 7) is 11.5. The summed E-state index contributed by atoms with van der Waals surface area (Å²) < 4.78 is 11.9. The monoisotopic (exact) mass is 386 g/mol. The molecule has 2 saturated heterocycles. The third-order valence-corrected chi connectivity index (χ3v) is 10.8. The zero-order valence-corrected chi connectivity index (χ0v) is 17.5. The molecule has 2 aliphatic heterocycles. The highest BCUT2D eigenvalue weighted by atomic mass is 16.6. The van der Waals surface area contributed by atoms with E-state index in [0.29, 0.717) is 35.9 Å². The largest absolute Gasteiger partial charge is 0.462 e. The van der Waals surface area contributed by atoms with E-state index in [0.717, 1.165) is 25.7 Å². The van der Waals surface area contributed by atoms with Gasteiger partial charge in [0.2, 0.25) is 0 Å². The molecule has 9 unspecified atom stereocenters. The van der Waals surface area contributed by atoms with Crippen molar-refractivity contribution in [2.45, 2.75) is 83.5 Å². The van der Waals surface area contributed by atoms with Gasteiger partial charge >= 0.3 is 5.97 Å². The minimum Gasteiger partial charge on any atom is -0.462 e. The average molecular weight is 387 g/mol. The van der Waals surface area contributed by atoms with Crippen molar-refractivity contribution in [1.29, 1.82) is 0 Å². The Bertz CT molecular complexity index is 775. The van der Waals surface area contributed by atoms with Crippen molar-refractivity contribution in [3.05, 3.63) is 12.2 Å². The third-order valence-electron chi connectivity index (χ3n) is 10.8. The van der Waals surface area contributed by atoms with Crippen molar-refractivity contribution in [2.75, 3.05) is 6.61 Å². The van der Waals surface area contributed by atoms with Crippen molar-refractivity contribution in [3.63, 3.8) is 0 Å². The number of carbonyl (C=O) groups excluding carboxylic acids is 1. The highest BCUT2D eigenvalue weighted by Gasteiger charge is 2.92. The number of ether oxygens (including phenoxy) is 2. The molecule has 4 nitrogen and oxygen atoms in total. The maximum absolute atomic E-state index is 12.2. The lowest BCUT2D eigenvalue weighted by Crippen LogP contribution is -2.71. The summed E-state index contributed by atoms with van der Waals surface area (Å²) >= 11 is 0. The first-order valence-corrected chi connectivity index (χ1v) is 11.5. The maximum atomic E-state index is 12.2. The highest BCUT2D eigenvalue weighted by molar-refractivity contribution is 5.87. The first-order valence-electron chi connectivity index (χ1n) is 11.5. The minimum absolute atomic E-state index is 0.0282. The summed E-state index contributed by atoms with van der Waals surface area (Å²) in [6, 6.07) is 0. The van der Waals surface area contributed by atoms with E-state index >= 15 is 0 Å². The van der Waals surface area contributed by atoms with Gasteiger partial charge in [0.05, 0.1) is 18.8 Å². The van der Waals surface area contributed by atoms with E-state index in [-0.39, 0.29) is 40.0 Å². The van der Waals surface area contributed by atoms with Crippen LogP contribution >= 0.6 is 0 Å². The fraction of sp³-hybridized carbons (Fsp3) is 0.875. The lowest BCUT2D eigenvalue weighted by molar-refractivity contribution is -0.260. The Kier molecular flexibility index (Phi) is 3.24. The standard InChI is InChI=1S/C24H34O4/c1-13(2)24-18(28-24)17-12-23(17)21(4)8-5-14(3)19(25)27-10-7-15(21)11-16-6-9-22(16,23)20(24)26/h13,15-18,20,26H,3,5-12H2,1-2,4H3. The van der Waals surface area contributed by atoms with Crippen molar-refractivity contribution in [2.24, 2.45) is 39.9 Å². The molecular formula is C24H34O4. The minimum atomic E-state index is -0.339. The van der Waals surface area contributed by atoms with E-state index in [1.807, 2.05) is 0 Å². The molecule has 9 atom stereocenters. The van der Waals surface area contributed by atoms with Gasteiger partial charge < -0.3 is 14.6 Å². The second-order valence-corrected chi connectivity index (χ2v) is 11.4. The van der Waals surface area contributed by atoms with E-state index in [9.17, 15) is 9.90 Å². The van der Waals surface area contributed by atoms with Gasteiger partial charge in [0, 0.05) is 11.0 Å². The molecule has 6 aliphatic rings. The Balaban J connectivity index is 1.46. The van der Waals surface area contributed by atoms with E-state index in [1.54, 1.807) is 0 Å². The van der Waals surface area contributed by atoms with Crippen LogP contribution in [0.25, 0.3) is 0 Å². The van der Waals surface area contributed by atoms with Crippen LogP contribution in [0.15, 0.2) is 12.2 Å². The van der Waals surface area contributed by atoms with E-state index in [1.165, 1.54) is 19.3 Å². The van der Waals surface area contributed by atoms with E-state index < -0.39 is 0 Å². The van der Waals surface area contributed by atoms with Gasteiger partial charge in [0.25, 0.3) is 0 Å². The number of hydrogen-bond donors (Lipinski definition) is 1. The SMILES string of the molecule is C=C1CCC2(C)C(CCOC1=O)CC1CCC13C(O)C1(C(C)C)OC1C1CC123. The molecule has 0 amide bonds. The molecule has 0 aromatic carbocycles. The van der Waals surface area contributed by atoms with Crippen LogP contribution in [0.2, 0.25) is 0 Å². The van der Waals surface area contributed by atoms with Crippen LogP contribution in [-0.4, -0.2) is 35.5 Å². The quantitative estimate of drug-likeness (QED) is 0.422. The molecule has 154 valence electrons. The summed E-state index contributed by atoms with van der Waals surface area (Å²) in [5.41, 5.74) is 0.657. The van der Waals surface area contributed by atoms with Crippen LogP contribution in [0.4, 0.5) is 0 Å². The predicted octanol–water partition coefficient (Wildman–Crippen LogP) is 3.87. The molecule has 0 aromatic heterocycles. The number of aliphatic hydroxyl groups excluding tert-OH is 1. The van der Waals surface area contributed by atoms with Gasteiger partial charge in [0.1, 0.15) is 5.60 Å². The second-order valence-electron chi connectivity index (χ2n) is 11.4. The molecule has 6 rings (SSSR count). The van der Waals surface area contributed by atoms with Crippen molar-refractivity contribution >= 4 is 5.97 Å². The summed E-state index contributed by atoms with van der Waals surface area (Å²) in [5.74, 6) is 1.90. The van der Waals surface area contributed by atoms with Crippen molar-refractivity contribution in [3.8, 4) is 0 Å². The average Bonchev–Trinajstić information content (AvgIpc) is 3.51. The predicted molar refractivity (Wildman–Crippen MR) is 104 cm³/mol. The molecule has 0 bridgehead atoms. The van der Waals surface area contributed by atoms with E-state index in [2.05, 4.69) is 27.4 Å². The van der Waals surface area contributed by atoms with E-state index in [4.69, 9.17) is 9.47 Å². The van der Waals surface area contributed by atoms with Gasteiger partial charge in [-0.1, -0.05) is 27.4 Å². The summed E-state index contributed by atoms with van der Waals surface area (Å²) in [7, 11) is 0. The van der Waals surface area contributed by atoms with Gasteiger partial charge in [-0.2, -0.15) is 0 Å². The molecule has 2 heterocycles. The van der Waals surface area contributed by atoms with Gasteiger partial charge in [-0.3, -0.25) is 0 Å². The molecule has 0 radical (unpaired) electrons. The molecule has 28 heavy (non-hydrogen) atoms. The van der Waals surface area contributed by atoms with Crippen LogP contribution in [0.1, 0.15) is 65.7 Å². The molecule has 0 aromatic rings. The fourth-order valence-corrected chi connectivity index (χ4v) is 9.28. The second kappa shape index (κ2) is 5.06. The third kappa shape index (κ3) is 1.62. The van der Waals surface area contributed by atoms with Crippen LogP contribution in [0, 0.1) is 39.9 Å². The summed E-state index contributed by atoms with van der Waals surface area (Å²) in [4.78, 5) is 12.2. The number of hydrogen-bond acceptors (Lipinski definition) is 4. The Morgan fingerprint density at radius 3 is 2.68 bits per heavy atom. The molecule has 4 aliphatic carbocycles. The molecule has 4 saturated carbocycles. The number of aliphatic hydroxyl groups is 1. The normalized spacial score (nSPS) is 59.1. The summed E-state index contributed by atoms with van der Waals surface area (Å²) in [6.07, 6.45) is 7.32. The number of rotatable bonds is 1. The lowest BCUT2D eigenvalue weighted by Gasteiger charge is -2.71. The summed E-state index contributed by atoms with van der Waals surface area (Å²) in [5, 5.41) is 11.9. The van der Waals surface area contributed by atoms with Gasteiger partial charge in [-0.15, -0.1) is 0 Å². The van der Waals surface area contributed by atoms with Crippen molar-refractivity contribution in [1.82, 2.24) is 0 Å². The Labute approximate surface area is 168 Å². The number of fused-ring (bicyclic) bond motifs is 3. The molecule has 4 heteroatoms. The lowest BCUT2D eigenvalue weighted by atomic mass is 9.33. The molecular weight excluding hydrogens is 352 g/mol. The number of epoxide rings is 1. The Morgan fingerprint density at radius 1 is 1.21 bits per heavy atom. The number of cyclic esters (lactones) is 1. The molecule has 2 spiro atoms. The topological polar surface area (TPSA) is 59.1 Å². The first-order chi connectivity index (χ1) is 13.3. The van der Waals surface area contributed by atoms with Crippen LogP contribution in [0.3, 0.4) is 0 Å². The molecule has 6 fully saturated rings. The molecule has 1 N–H and O–H groups in total. The van der Waals surface area contributed by atoms with Gasteiger partial charge in [-0.05, 0) is 79.4 Å². The number of esters is 1. The van der Waals surface area contributed by atoms with Crippen molar-refractivity contribution < 1.29 is 19.4 Å². The van der Waals surface area contributed by atoms with Crippen LogP contribution < -0.4 is 0 Å². The highest BCUT2D eigenvalue weighted by Crippen LogP contribution is 2.91. The van der Waals surface area contributed by atoms with Gasteiger partial charge in [0.15, 0.2) is 0 Å². The smallest absolute Gasteiger partial charge is 0.333 e. The Hall–Kier alpha value is -0.870. The van der Waals surface area contributed by atoms with Gasteiger partial charge in [-0.25, -0.2) is 4.79 Å². The zero-order valence-electron chi connectivity index (χ0n) is 17.5. The number of carbonyl (C=O) groups is 1. The maximum Gasteiger partial charge on any atom is 0.333 e. The van der Waals surface area contributed by atoms with Crippen LogP contribution in [-0.2, 0) is 14.3 Å². The first kappa shape index (κ1) is 17.9.